The molecule has 12 nitrogen and oxygen atoms in total. The normalized spacial score (nSPS) is 25.3. The van der Waals surface area contributed by atoms with Gasteiger partial charge in [-0.1, -0.05) is 0 Å². The lowest BCUT2D eigenvalue weighted by molar-refractivity contribution is -0.268. The zero-order valence-corrected chi connectivity index (χ0v) is 16.9. The fraction of sp³-hybridized carbons (Fsp3) is 0.286. The Kier molecular flexibility index (Phi) is 5.46. The van der Waals surface area contributed by atoms with E-state index in [0.717, 1.165) is 18.2 Å². The van der Waals surface area contributed by atoms with Crippen LogP contribution in [0.5, 0.6) is 34.5 Å². The highest BCUT2D eigenvalue weighted by Crippen LogP contribution is 2.44. The Bertz CT molecular complexity index is 1280. The third kappa shape index (κ3) is 3.64. The maximum atomic E-state index is 12.7. The molecule has 33 heavy (non-hydrogen) atoms. The number of benzene rings is 2. The number of hydrogen-bond donors (Lipinski definition) is 8. The largest absolute Gasteiger partial charge is 0.507 e. The van der Waals surface area contributed by atoms with Crippen LogP contribution in [0.25, 0.3) is 22.3 Å². The first-order chi connectivity index (χ1) is 15.5. The van der Waals surface area contributed by atoms with Gasteiger partial charge in [-0.05, 0) is 25.1 Å². The lowest BCUT2D eigenvalue weighted by atomic mass is 10.00. The number of fused-ring (bicyclic) bond motifs is 1. The van der Waals surface area contributed by atoms with Crippen LogP contribution in [0.15, 0.2) is 33.5 Å². The molecule has 0 aliphatic carbocycles. The summed E-state index contributed by atoms with van der Waals surface area (Å²) in [6.45, 7) is 1.41. The van der Waals surface area contributed by atoms with E-state index in [1.54, 1.807) is 0 Å². The van der Waals surface area contributed by atoms with E-state index >= 15 is 0 Å². The predicted molar refractivity (Wildman–Crippen MR) is 109 cm³/mol. The molecule has 0 bridgehead atoms. The monoisotopic (exact) mass is 464 g/mol. The molecule has 2 heterocycles. The van der Waals surface area contributed by atoms with E-state index in [1.165, 1.54) is 13.0 Å². The van der Waals surface area contributed by atoms with Crippen molar-refractivity contribution in [2.45, 2.75) is 37.6 Å². The van der Waals surface area contributed by atoms with E-state index in [4.69, 9.17) is 13.9 Å². The second-order valence-corrected chi connectivity index (χ2v) is 7.56. The van der Waals surface area contributed by atoms with E-state index in [0.29, 0.717) is 0 Å². The van der Waals surface area contributed by atoms with Gasteiger partial charge in [-0.25, -0.2) is 0 Å². The summed E-state index contributed by atoms with van der Waals surface area (Å²) < 4.78 is 16.1. The number of aliphatic hydroxyl groups excluding tert-OH is 3. The molecule has 1 aliphatic heterocycles. The molecule has 2 unspecified atom stereocenters. The second-order valence-electron chi connectivity index (χ2n) is 7.56. The van der Waals surface area contributed by atoms with Crippen molar-refractivity contribution in [3.8, 4) is 45.8 Å². The maximum absolute atomic E-state index is 12.7. The SMILES string of the molecule is CC1O[C@@H](Oc2cc(O)c3c(=O)c(O)c(-c4ccc(O)c(O)c4)oc3c2O)C(O)[C@@H](O)[C@H]1O. The topological polar surface area (TPSA) is 211 Å². The van der Waals surface area contributed by atoms with Crippen molar-refractivity contribution in [3.05, 3.63) is 34.5 Å². The van der Waals surface area contributed by atoms with E-state index in [1.807, 2.05) is 0 Å². The molecule has 1 fully saturated rings. The molecule has 1 aliphatic rings. The summed E-state index contributed by atoms with van der Waals surface area (Å²) in [6, 6.07) is 4.11. The first-order valence-corrected chi connectivity index (χ1v) is 9.64. The number of ether oxygens (including phenoxy) is 2. The van der Waals surface area contributed by atoms with Crippen molar-refractivity contribution in [1.29, 1.82) is 0 Å². The molecule has 8 N–H and O–H groups in total. The van der Waals surface area contributed by atoms with Crippen LogP contribution in [0.4, 0.5) is 0 Å². The second kappa shape index (κ2) is 8.01. The van der Waals surface area contributed by atoms with Crippen molar-refractivity contribution in [1.82, 2.24) is 0 Å². The number of rotatable bonds is 3. The van der Waals surface area contributed by atoms with Gasteiger partial charge >= 0.3 is 0 Å². The fourth-order valence-corrected chi connectivity index (χ4v) is 3.49. The highest BCUT2D eigenvalue weighted by molar-refractivity contribution is 5.93. The first kappa shape index (κ1) is 22.5. The Balaban J connectivity index is 1.84. The number of phenols is 4. The molecule has 0 amide bonds. The van der Waals surface area contributed by atoms with Crippen molar-refractivity contribution in [2.24, 2.45) is 0 Å². The van der Waals surface area contributed by atoms with Crippen LogP contribution in [0, 0.1) is 0 Å². The summed E-state index contributed by atoms with van der Waals surface area (Å²) in [6.07, 6.45) is -7.27. The molecule has 1 aromatic heterocycles. The van der Waals surface area contributed by atoms with Crippen LogP contribution in [0.3, 0.4) is 0 Å². The average Bonchev–Trinajstić information content (AvgIpc) is 2.77. The highest BCUT2D eigenvalue weighted by Gasteiger charge is 2.43. The van der Waals surface area contributed by atoms with Gasteiger partial charge in [-0.3, -0.25) is 4.79 Å². The van der Waals surface area contributed by atoms with Gasteiger partial charge < -0.3 is 54.7 Å². The molecule has 1 saturated heterocycles. The van der Waals surface area contributed by atoms with Gasteiger partial charge in [0.1, 0.15) is 29.4 Å². The first-order valence-electron chi connectivity index (χ1n) is 9.64. The lowest BCUT2D eigenvalue weighted by Gasteiger charge is -2.38. The fourth-order valence-electron chi connectivity index (χ4n) is 3.49. The minimum atomic E-state index is -1.73. The molecule has 0 radical (unpaired) electrons. The molecule has 12 heteroatoms. The van der Waals surface area contributed by atoms with E-state index in [-0.39, 0.29) is 5.56 Å². The summed E-state index contributed by atoms with van der Waals surface area (Å²) >= 11 is 0. The zero-order chi connectivity index (χ0) is 24.2. The number of phenolic OH excluding ortho intramolecular Hbond substituents is 4. The van der Waals surface area contributed by atoms with Crippen molar-refractivity contribution in [2.75, 3.05) is 0 Å². The minimum Gasteiger partial charge on any atom is -0.507 e. The molecule has 0 saturated carbocycles. The standard InChI is InChI=1S/C21H20O12/c1-6-13(25)16(28)18(30)21(31-6)32-11-5-10(24)12-15(27)17(29)19(33-20(12)14(11)26)7-2-3-8(22)9(23)4-7/h2-6,13,16,18,21-26,28-30H,1H3/t6?,13-,16-,18?,21-/m0/s1. The predicted octanol–water partition coefficient (Wildman–Crippen LogP) is 0.194. The Morgan fingerprint density at radius 3 is 2.21 bits per heavy atom. The van der Waals surface area contributed by atoms with Gasteiger partial charge in [0.25, 0.3) is 0 Å². The molecular formula is C21H20O12. The Morgan fingerprint density at radius 1 is 0.848 bits per heavy atom. The summed E-state index contributed by atoms with van der Waals surface area (Å²) in [7, 11) is 0. The summed E-state index contributed by atoms with van der Waals surface area (Å²) in [5.74, 6) is -4.53. The van der Waals surface area contributed by atoms with E-state index in [2.05, 4.69) is 0 Å². The quantitative estimate of drug-likeness (QED) is 0.193. The van der Waals surface area contributed by atoms with E-state index < -0.39 is 87.4 Å². The molecule has 2 aromatic carbocycles. The highest BCUT2D eigenvalue weighted by atomic mass is 16.7. The molecule has 0 spiro atoms. The average molecular weight is 464 g/mol. The van der Waals surface area contributed by atoms with Crippen molar-refractivity contribution < 1.29 is 54.7 Å². The third-order valence-electron chi connectivity index (χ3n) is 5.35. The molecule has 176 valence electrons. The molecule has 4 rings (SSSR count). The van der Waals surface area contributed by atoms with Gasteiger partial charge in [-0.15, -0.1) is 0 Å². The Labute approximate surface area is 184 Å². The van der Waals surface area contributed by atoms with Gasteiger partial charge in [0.05, 0.1) is 6.10 Å². The molecule has 3 aromatic rings. The third-order valence-corrected chi connectivity index (χ3v) is 5.35. The maximum Gasteiger partial charge on any atom is 0.238 e. The van der Waals surface area contributed by atoms with E-state index in [9.17, 15) is 45.6 Å². The molecular weight excluding hydrogens is 444 g/mol. The Hall–Kier alpha value is -3.71. The van der Waals surface area contributed by atoms with Crippen molar-refractivity contribution >= 4 is 11.0 Å². The number of aliphatic hydroxyl groups is 3. The van der Waals surface area contributed by atoms with Gasteiger partial charge in [-0.2, -0.15) is 0 Å². The van der Waals surface area contributed by atoms with Crippen LogP contribution in [0.2, 0.25) is 0 Å². The van der Waals surface area contributed by atoms with Crippen LogP contribution >= 0.6 is 0 Å². The van der Waals surface area contributed by atoms with Crippen LogP contribution in [-0.2, 0) is 4.74 Å². The van der Waals surface area contributed by atoms with Gasteiger partial charge in [0.2, 0.25) is 23.2 Å². The van der Waals surface area contributed by atoms with Crippen molar-refractivity contribution in [3.63, 3.8) is 0 Å². The summed E-state index contributed by atoms with van der Waals surface area (Å²) in [4.78, 5) is 12.7. The Morgan fingerprint density at radius 2 is 1.55 bits per heavy atom. The lowest BCUT2D eigenvalue weighted by Crippen LogP contribution is -2.58. The van der Waals surface area contributed by atoms with Crippen LogP contribution in [0.1, 0.15) is 6.92 Å². The number of aromatic hydroxyl groups is 5. The molecule has 5 atom stereocenters. The van der Waals surface area contributed by atoms with Gasteiger partial charge in [0, 0.05) is 11.6 Å². The number of hydrogen-bond acceptors (Lipinski definition) is 12. The smallest absolute Gasteiger partial charge is 0.238 e. The minimum absolute atomic E-state index is 0.0380. The zero-order valence-electron chi connectivity index (χ0n) is 16.9. The van der Waals surface area contributed by atoms with Gasteiger partial charge in [0.15, 0.2) is 28.6 Å². The summed E-state index contributed by atoms with van der Waals surface area (Å²) in [5, 5.41) is 79.7. The summed E-state index contributed by atoms with van der Waals surface area (Å²) in [5.41, 5.74) is -1.75. The van der Waals surface area contributed by atoms with Crippen LogP contribution < -0.4 is 10.2 Å². The van der Waals surface area contributed by atoms with Crippen LogP contribution in [-0.4, -0.2) is 71.6 Å².